The molecular weight excluding hydrogens is 1500 g/mol. The van der Waals surface area contributed by atoms with E-state index in [1.807, 2.05) is 85.8 Å². The second kappa shape index (κ2) is 39.5. The third-order valence-corrected chi connectivity index (χ3v) is 22.9. The molecular formula is C92H95F6N11O8. The van der Waals surface area contributed by atoms with Gasteiger partial charge in [0.2, 0.25) is 0 Å². The predicted molar refractivity (Wildman–Crippen MR) is 439 cm³/mol. The van der Waals surface area contributed by atoms with Crippen molar-refractivity contribution in [2.75, 3.05) is 0 Å². The molecule has 3 aliphatic rings. The molecule has 25 heteroatoms. The number of hydrogen-bond donors (Lipinski definition) is 8. The molecule has 0 unspecified atom stereocenters. The van der Waals surface area contributed by atoms with Crippen molar-refractivity contribution in [3.63, 3.8) is 0 Å². The highest BCUT2D eigenvalue weighted by Gasteiger charge is 2.34. The Morgan fingerprint density at radius 3 is 1.15 bits per heavy atom. The van der Waals surface area contributed by atoms with Crippen molar-refractivity contribution in [1.82, 2.24) is 54.8 Å². The Morgan fingerprint density at radius 2 is 0.735 bits per heavy atom. The van der Waals surface area contributed by atoms with E-state index >= 15 is 0 Å². The number of aryl methyl sites for hydroxylation is 2. The van der Waals surface area contributed by atoms with Crippen molar-refractivity contribution in [3.05, 3.63) is 397 Å². The van der Waals surface area contributed by atoms with Gasteiger partial charge in [-0.05, 0) is 227 Å². The lowest BCUT2D eigenvalue weighted by Gasteiger charge is -2.29. The minimum absolute atomic E-state index is 0.0151. The second-order valence-electron chi connectivity index (χ2n) is 30.6. The Bertz CT molecular complexity index is 5730. The van der Waals surface area contributed by atoms with Crippen molar-refractivity contribution >= 4 is 0 Å². The summed E-state index contributed by atoms with van der Waals surface area (Å²) in [6.07, 6.45) is 10.9. The van der Waals surface area contributed by atoms with Gasteiger partial charge in [-0.15, -0.1) is 0 Å². The van der Waals surface area contributed by atoms with Crippen LogP contribution in [0, 0.1) is 6.92 Å². The molecule has 0 saturated heterocycles. The van der Waals surface area contributed by atoms with E-state index in [0.717, 1.165) is 155 Å². The molecule has 117 heavy (non-hydrogen) atoms. The molecule has 3 aliphatic carbocycles. The van der Waals surface area contributed by atoms with Crippen LogP contribution >= 0.6 is 0 Å². The maximum Gasteiger partial charge on any atom is 0.416 e. The van der Waals surface area contributed by atoms with Crippen LogP contribution in [0.25, 0.3) is 0 Å². The molecule has 7 aromatic heterocycles. The number of alkyl halides is 6. The van der Waals surface area contributed by atoms with Crippen molar-refractivity contribution in [2.45, 2.75) is 196 Å². The van der Waals surface area contributed by atoms with Crippen LogP contribution in [0.5, 0.6) is 0 Å². The number of aromatic nitrogens is 11. The molecule has 5 aromatic carbocycles. The van der Waals surface area contributed by atoms with Crippen LogP contribution < -0.4 is 45.0 Å². The quantitative estimate of drug-likeness (QED) is 0.0332. The fraction of sp³-hybridized carbons (Fsp3) is 0.337. The molecule has 608 valence electrons. The highest BCUT2D eigenvalue weighted by atomic mass is 19.4. The minimum atomic E-state index is -4.49. The van der Waals surface area contributed by atoms with Gasteiger partial charge in [0.25, 0.3) is 22.2 Å². The lowest BCUT2D eigenvalue weighted by molar-refractivity contribution is -0.138. The number of nitrogens with one attached hydrogen (secondary N) is 8. The van der Waals surface area contributed by atoms with Gasteiger partial charge < -0.3 is 19.9 Å². The zero-order valence-corrected chi connectivity index (χ0v) is 65.2. The highest BCUT2D eigenvalue weighted by molar-refractivity contribution is 5.36. The Hall–Kier alpha value is -12.2. The molecule has 12 aromatic rings. The standard InChI is InChI=1S/C24H25F3N2O2.C23H22F3N3O2.C23H25N3O2.C22H23N3O2/c1-2-17(18-9-4-3-5-10-18)11-7-13-21-20(22(30)29-23(31)28-21)15-16-8-6-12-19(14-16)24(25,26)27;24-23(25,26)17-10-11-27-18(12-17)13-19-20(28-22(31)29-21(19)30)16-8-6-15(7-9-16)14-4-2-1-3-5-14;1-15-11-12-24-19(13-15)14-20-21(25-23(28)26-22(20)27)18-9-7-17(8-10-18)16-5-3-2-4-6-16;26-21-19(14-18-8-4-5-13-23-18)20(24-22(27)25-21)17-11-9-16(10-12-17)15-6-2-1-3-7-15/h3-6,8-10,12,14,17H,2,7,11,13,15H2,1H3,(H2,28,29,30,31);1-5,10-12,15-16H,6-9,13H2,(H2,28,29,30,31);2-6,11-13,17-18H,7-10,14H2,1H3,(H2,25,26,27,28);1-8,13,16-17H,9-12,14H2,(H2,24,25,26,27)/t17-;;;/m1.../s1. The fourth-order valence-corrected chi connectivity index (χ4v) is 16.9. The molecule has 0 amide bonds. The van der Waals surface area contributed by atoms with E-state index in [0.29, 0.717) is 76.6 Å². The van der Waals surface area contributed by atoms with Crippen LogP contribution in [0.15, 0.2) is 245 Å². The summed E-state index contributed by atoms with van der Waals surface area (Å²) in [6.45, 7) is 4.12. The number of halogens is 6. The van der Waals surface area contributed by atoms with Gasteiger partial charge in [0.15, 0.2) is 0 Å². The third kappa shape index (κ3) is 23.1. The van der Waals surface area contributed by atoms with Gasteiger partial charge in [-0.1, -0.05) is 153 Å². The molecule has 0 radical (unpaired) electrons. The summed E-state index contributed by atoms with van der Waals surface area (Å²) in [5.41, 5.74) is 7.59. The zero-order chi connectivity index (χ0) is 82.6. The Morgan fingerprint density at radius 1 is 0.359 bits per heavy atom. The predicted octanol–water partition coefficient (Wildman–Crippen LogP) is 17.0. The van der Waals surface area contributed by atoms with E-state index < -0.39 is 57.4 Å². The molecule has 19 nitrogen and oxygen atoms in total. The van der Waals surface area contributed by atoms with Crippen molar-refractivity contribution in [2.24, 2.45) is 0 Å². The van der Waals surface area contributed by atoms with E-state index in [-0.39, 0.29) is 53.0 Å². The summed E-state index contributed by atoms with van der Waals surface area (Å²) in [5.74, 6) is 2.26. The lowest BCUT2D eigenvalue weighted by Crippen LogP contribution is -2.30. The van der Waals surface area contributed by atoms with Crippen LogP contribution in [0.2, 0.25) is 0 Å². The highest BCUT2D eigenvalue weighted by Crippen LogP contribution is 2.44. The van der Waals surface area contributed by atoms with Gasteiger partial charge >= 0.3 is 35.1 Å². The van der Waals surface area contributed by atoms with Crippen LogP contribution in [-0.4, -0.2) is 54.8 Å². The third-order valence-electron chi connectivity index (χ3n) is 22.9. The Kier molecular flexibility index (Phi) is 28.4. The van der Waals surface area contributed by atoms with Crippen molar-refractivity contribution in [1.29, 1.82) is 0 Å². The van der Waals surface area contributed by atoms with Gasteiger partial charge in [0.1, 0.15) is 0 Å². The van der Waals surface area contributed by atoms with E-state index in [4.69, 9.17) is 0 Å². The summed E-state index contributed by atoms with van der Waals surface area (Å²) >= 11 is 0. The van der Waals surface area contributed by atoms with Gasteiger partial charge in [-0.2, -0.15) is 26.3 Å². The molecule has 0 spiro atoms. The Balaban J connectivity index is 0.000000144. The van der Waals surface area contributed by atoms with Gasteiger partial charge in [0, 0.05) is 106 Å². The summed E-state index contributed by atoms with van der Waals surface area (Å²) in [6, 6.07) is 57.9. The fourth-order valence-electron chi connectivity index (χ4n) is 16.9. The van der Waals surface area contributed by atoms with E-state index in [9.17, 15) is 64.7 Å². The van der Waals surface area contributed by atoms with E-state index in [1.165, 1.54) is 28.3 Å². The van der Waals surface area contributed by atoms with Crippen LogP contribution in [0.1, 0.15) is 251 Å². The normalized spacial score (nSPS) is 17.7. The number of pyridine rings is 3. The number of H-pyrrole nitrogens is 8. The van der Waals surface area contributed by atoms with Gasteiger partial charge in [0.05, 0.1) is 11.1 Å². The SMILES string of the molecule is CC[C@H](CCCc1[nH]c(=O)[nH]c(=O)c1Cc1cccc(C(F)(F)F)c1)c1ccccc1.Cc1ccnc(Cc2c(C3CCC(c4ccccc4)CC3)[nH]c(=O)[nH]c2=O)c1.O=c1[nH]c(C2CCC(c3ccccc3)CC2)c(Cc2cc(C(F)(F)F)ccn2)c(=O)[nH]1.O=c1[nH]c(C2CCC(c3ccccc3)CC2)c(Cc2ccccn2)c(=O)[nH]1. The van der Waals surface area contributed by atoms with Crippen LogP contribution in [-0.2, 0) is 44.5 Å². The summed E-state index contributed by atoms with van der Waals surface area (Å²) in [7, 11) is 0. The van der Waals surface area contributed by atoms with Gasteiger partial charge in [-0.25, -0.2) is 19.2 Å². The largest absolute Gasteiger partial charge is 0.416 e. The average molecular weight is 1600 g/mol. The smallest absolute Gasteiger partial charge is 0.311 e. The van der Waals surface area contributed by atoms with Crippen LogP contribution in [0.3, 0.4) is 0 Å². The molecule has 7 heterocycles. The number of nitrogens with zero attached hydrogens (tertiary/aromatic N) is 3. The minimum Gasteiger partial charge on any atom is -0.311 e. The monoisotopic (exact) mass is 1600 g/mol. The maximum absolute atomic E-state index is 13.0. The number of rotatable bonds is 20. The number of benzene rings is 5. The van der Waals surface area contributed by atoms with Crippen molar-refractivity contribution in [3.8, 4) is 0 Å². The van der Waals surface area contributed by atoms with Gasteiger partial charge in [-0.3, -0.25) is 54.1 Å². The van der Waals surface area contributed by atoms with E-state index in [1.54, 1.807) is 18.5 Å². The molecule has 8 N–H and O–H groups in total. The first kappa shape index (κ1) is 84.3. The van der Waals surface area contributed by atoms with Crippen LogP contribution in [0.4, 0.5) is 26.3 Å². The number of hydrogen-bond acceptors (Lipinski definition) is 11. The lowest BCUT2D eigenvalue weighted by atomic mass is 9.76. The van der Waals surface area contributed by atoms with E-state index in [2.05, 4.69) is 135 Å². The van der Waals surface area contributed by atoms with Crippen molar-refractivity contribution < 1.29 is 26.3 Å². The molecule has 15 rings (SSSR count). The molecule has 1 atom stereocenters. The molecule has 3 fully saturated rings. The first-order chi connectivity index (χ1) is 56.4. The Labute approximate surface area is 670 Å². The summed E-state index contributed by atoms with van der Waals surface area (Å²) < 4.78 is 78.2. The summed E-state index contributed by atoms with van der Waals surface area (Å²) in [5, 5.41) is 0. The average Bonchev–Trinajstić information content (AvgIpc) is 0.810. The summed E-state index contributed by atoms with van der Waals surface area (Å²) in [4.78, 5) is 131. The first-order valence-electron chi connectivity index (χ1n) is 40.0. The molecule has 0 bridgehead atoms. The zero-order valence-electron chi connectivity index (χ0n) is 65.2. The molecule has 3 saturated carbocycles. The number of aromatic amines is 8. The maximum atomic E-state index is 13.0. The topological polar surface area (TPSA) is 302 Å². The first-order valence-corrected chi connectivity index (χ1v) is 40.0. The second-order valence-corrected chi connectivity index (χ2v) is 30.6. The molecule has 0 aliphatic heterocycles.